The van der Waals surface area contributed by atoms with Crippen molar-refractivity contribution in [1.29, 1.82) is 0 Å². The summed E-state index contributed by atoms with van der Waals surface area (Å²) in [5, 5.41) is -5.51. The van der Waals surface area contributed by atoms with Gasteiger partial charge in [-0.3, -0.25) is 0 Å². The Morgan fingerprint density at radius 3 is 0.250 bits per heavy atom. The fraction of sp³-hybridized carbons (Fsp3) is 0.0400. The molecule has 0 aliphatic carbocycles. The minimum atomic E-state index is -4.66. The molecule has 12 N–H and O–H groups in total. The summed E-state index contributed by atoms with van der Waals surface area (Å²) in [6.07, 6.45) is 0. The summed E-state index contributed by atoms with van der Waals surface area (Å²) in [6.45, 7) is 0. The molecule has 0 saturated carbocycles. The van der Waals surface area contributed by atoms with Crippen LogP contribution in [0.25, 0.3) is 0 Å². The van der Waals surface area contributed by atoms with Gasteiger partial charge in [0.15, 0.2) is 0 Å². The molecule has 0 aliphatic rings. The summed E-state index contributed by atoms with van der Waals surface area (Å²) in [5.74, 6) is 0. The van der Waals surface area contributed by atoms with Crippen molar-refractivity contribution in [1.82, 2.24) is 0 Å². The van der Waals surface area contributed by atoms with Gasteiger partial charge in [-0.05, 0) is 66.8 Å². The van der Waals surface area contributed by atoms with E-state index in [9.17, 15) is 57.5 Å². The Bertz CT molecular complexity index is 4080. The first-order valence-corrected chi connectivity index (χ1v) is 44.6. The summed E-state index contributed by atoms with van der Waals surface area (Å²) < 4.78 is 0. The molecule has 0 aromatic heterocycles. The van der Waals surface area contributed by atoms with Crippen molar-refractivity contribution < 1.29 is 144 Å². The molecule has 16 aromatic carbocycles. The van der Waals surface area contributed by atoms with E-state index in [-0.39, 0.29) is 86.9 Å². The summed E-state index contributed by atoms with van der Waals surface area (Å²) >= 11 is 0. The van der Waals surface area contributed by atoms with Crippen LogP contribution in [0.15, 0.2) is 485 Å². The van der Waals surface area contributed by atoms with Crippen molar-refractivity contribution in [3.8, 4) is 0 Å². The summed E-state index contributed by atoms with van der Waals surface area (Å²) in [4.78, 5) is 126. The van der Waals surface area contributed by atoms with E-state index in [1.54, 1.807) is 0 Å². The van der Waals surface area contributed by atoms with Crippen LogP contribution in [-0.2, 0) is 107 Å². The normalized spacial score (nSPS) is 10.9. The average molecular weight is 1790 g/mol. The molecular weight excluding hydrogens is 1700 g/mol. The Morgan fingerprint density at radius 1 is 0.125 bits per heavy atom. The molecule has 0 bridgehead atoms. The third-order valence-corrected chi connectivity index (χ3v) is 26.4. The summed E-state index contributed by atoms with van der Waals surface area (Å²) in [7, 11) is -18.6. The maximum atomic E-state index is 10.5. The van der Waals surface area contributed by atoms with Crippen molar-refractivity contribution in [2.45, 2.75) is 20.2 Å². The van der Waals surface area contributed by atoms with Crippen molar-refractivity contribution in [2.75, 3.05) is 0 Å². The zero-order valence-corrected chi connectivity index (χ0v) is 75.8. The van der Waals surface area contributed by atoms with E-state index in [1.165, 1.54) is 0 Å². The van der Waals surface area contributed by atoms with Gasteiger partial charge >= 0.3 is 35.2 Å². The van der Waals surface area contributed by atoms with Gasteiger partial charge in [0, 0.05) is 86.9 Å². The van der Waals surface area contributed by atoms with Gasteiger partial charge in [-0.2, -0.15) is 146 Å². The second-order valence-electron chi connectivity index (χ2n) is 26.2. The SMILES string of the molecule is O[Si](O)(O)C(c1ccccc1)(c1ccccc1)c1ccccc1.O[Si](O)(O)C(c1ccccc1)(c1ccccc1)c1ccccc1.O[Si](O)(O)C(c1ccccc1)(c1ccccc1)c1ccccc1.O[Si](O)(O)C(c1ccccc1)(c1ccccc1)c1ccccc1.[Ti].[Ti].[Ti].[Ti].[c-]1ccccc1.[c-]1ccccc1.[c-]1ccccc1.[c-]1ccccc1. The fourth-order valence-electron chi connectivity index (χ4n) is 13.9. The first-order valence-electron chi connectivity index (χ1n) is 37.3. The van der Waals surface area contributed by atoms with Crippen molar-refractivity contribution in [2.24, 2.45) is 0 Å². The molecule has 0 unspecified atom stereocenters. The van der Waals surface area contributed by atoms with Gasteiger partial charge in [-0.25, -0.2) is 0 Å². The van der Waals surface area contributed by atoms with Crippen molar-refractivity contribution in [3.63, 3.8) is 0 Å². The van der Waals surface area contributed by atoms with Gasteiger partial charge in [0.25, 0.3) is 0 Å². The second-order valence-corrected chi connectivity index (χ2v) is 34.3. The largest absolute Gasteiger partial charge is 0.513 e. The zero-order chi connectivity index (χ0) is 82.3. The molecule has 0 heterocycles. The van der Waals surface area contributed by atoms with E-state index < -0.39 is 55.4 Å². The second kappa shape index (κ2) is 51.5. The molecule has 16 aromatic rings. The van der Waals surface area contributed by atoms with Crippen LogP contribution in [0.4, 0.5) is 0 Å². The number of hydrogen-bond acceptors (Lipinski definition) is 12. The third kappa shape index (κ3) is 26.4. The van der Waals surface area contributed by atoms with Gasteiger partial charge < -0.3 is 57.5 Å². The smallest absolute Gasteiger partial charge is 0.389 e. The van der Waals surface area contributed by atoms with Gasteiger partial charge in [0.05, 0.1) is 0 Å². The predicted octanol–water partition coefficient (Wildman–Crippen LogP) is 15.8. The van der Waals surface area contributed by atoms with E-state index in [2.05, 4.69) is 24.3 Å². The van der Waals surface area contributed by atoms with Crippen LogP contribution in [0.1, 0.15) is 66.8 Å². The van der Waals surface area contributed by atoms with Crippen LogP contribution >= 0.6 is 0 Å². The van der Waals surface area contributed by atoms with E-state index in [1.807, 2.05) is 485 Å². The van der Waals surface area contributed by atoms with E-state index in [4.69, 9.17) is 0 Å². The molecule has 0 fully saturated rings. The first-order chi connectivity index (χ1) is 56.3. The van der Waals surface area contributed by atoms with Crippen LogP contribution in [0, 0.1) is 24.3 Å². The molecule has 0 aliphatic heterocycles. The van der Waals surface area contributed by atoms with Gasteiger partial charge in [0.2, 0.25) is 0 Å². The van der Waals surface area contributed by atoms with Gasteiger partial charge in [-0.15, -0.1) is 0 Å². The molecular formula is C100H92O12Si4Ti4-4. The monoisotopic (exact) mass is 1790 g/mol. The average Bonchev–Trinajstić information content (AvgIpc) is 0.749. The molecule has 20 heteroatoms. The predicted molar refractivity (Wildman–Crippen MR) is 468 cm³/mol. The van der Waals surface area contributed by atoms with E-state index in [0.29, 0.717) is 66.8 Å². The standard InChI is InChI=1S/4C19H18O3Si.4C6H5.4Ti/c4*20-23(21,22)19(16-10-4-1-5-11-16,17-12-6-2-7-13-17)18-14-8-3-9-15-18;4*1-2-4-6-5-3-1;;;;/h4*1-15,20-22H;4*1-5H;;;;/q;;;;4*-1;;;;. The van der Waals surface area contributed by atoms with Crippen molar-refractivity contribution >= 4 is 35.2 Å². The quantitative estimate of drug-likeness (QED) is 0.0246. The van der Waals surface area contributed by atoms with Crippen molar-refractivity contribution in [3.05, 3.63) is 576 Å². The van der Waals surface area contributed by atoms with Crippen LogP contribution in [0.3, 0.4) is 0 Å². The molecule has 120 heavy (non-hydrogen) atoms. The maximum absolute atomic E-state index is 10.5. The zero-order valence-electron chi connectivity index (χ0n) is 65.6. The minimum absolute atomic E-state index is 0. The van der Waals surface area contributed by atoms with Gasteiger partial charge in [0.1, 0.15) is 20.2 Å². The van der Waals surface area contributed by atoms with Crippen LogP contribution in [0.2, 0.25) is 0 Å². The molecule has 0 amide bonds. The third-order valence-electron chi connectivity index (χ3n) is 18.9. The molecule has 0 saturated heterocycles. The van der Waals surface area contributed by atoms with E-state index in [0.717, 1.165) is 0 Å². The van der Waals surface area contributed by atoms with Crippen LogP contribution in [-0.4, -0.2) is 92.8 Å². The van der Waals surface area contributed by atoms with Gasteiger partial charge in [-0.1, -0.05) is 364 Å². The first kappa shape index (κ1) is 101. The molecule has 0 atom stereocenters. The molecule has 16 rings (SSSR count). The molecule has 600 valence electrons. The Balaban J connectivity index is 0.000000257. The van der Waals surface area contributed by atoms with Crippen LogP contribution < -0.4 is 0 Å². The molecule has 0 radical (unpaired) electrons. The Labute approximate surface area is 768 Å². The summed E-state index contributed by atoms with van der Waals surface area (Å²) in [5.41, 5.74) is 7.80. The number of benzene rings is 16. The molecule has 12 nitrogen and oxygen atoms in total. The summed E-state index contributed by atoms with van der Waals surface area (Å²) in [6, 6.07) is 160. The Morgan fingerprint density at radius 2 is 0.200 bits per heavy atom. The molecule has 0 spiro atoms. The number of rotatable bonds is 16. The Kier molecular flexibility index (Phi) is 43.5. The number of hydrogen-bond donors (Lipinski definition) is 12. The van der Waals surface area contributed by atoms with Crippen LogP contribution in [0.5, 0.6) is 0 Å². The van der Waals surface area contributed by atoms with E-state index >= 15 is 0 Å². The topological polar surface area (TPSA) is 243 Å². The minimum Gasteiger partial charge on any atom is -0.389 e. The fourth-order valence-corrected chi connectivity index (χ4v) is 20.6. The maximum Gasteiger partial charge on any atom is 0.513 e. The Hall–Kier alpha value is -9.24.